The van der Waals surface area contributed by atoms with Crippen LogP contribution in [0.4, 0.5) is 13.2 Å². The molecule has 3 nitrogen and oxygen atoms in total. The molecule has 1 aromatic carbocycles. The molecule has 0 saturated heterocycles. The highest BCUT2D eigenvalue weighted by molar-refractivity contribution is 9.10. The van der Waals surface area contributed by atoms with E-state index in [-0.39, 0.29) is 12.1 Å². The number of hydrogen-bond acceptors (Lipinski definition) is 2. The topological polar surface area (TPSA) is 40.5 Å². The number of nitrogens with zero attached hydrogens (tertiary/aromatic N) is 1. The van der Waals surface area contributed by atoms with Crippen molar-refractivity contribution in [2.24, 2.45) is 0 Å². The molecule has 100 valence electrons. The standard InChI is InChI=1S/C11H11BrF3NO2/c12-7-1-2-9(13)8(5-7)11(18)16(3-4-17)6-10(14)15/h1-2,5,10,17H,3-4,6H2. The predicted molar refractivity (Wildman–Crippen MR) is 63.1 cm³/mol. The van der Waals surface area contributed by atoms with Gasteiger partial charge >= 0.3 is 0 Å². The molecule has 18 heavy (non-hydrogen) atoms. The molecule has 0 unspecified atom stereocenters. The normalized spacial score (nSPS) is 10.8. The summed E-state index contributed by atoms with van der Waals surface area (Å²) in [6, 6.07) is 3.68. The first-order valence-corrected chi connectivity index (χ1v) is 5.88. The molecular formula is C11H11BrF3NO2. The zero-order chi connectivity index (χ0) is 13.7. The zero-order valence-electron chi connectivity index (χ0n) is 9.25. The van der Waals surface area contributed by atoms with Crippen molar-refractivity contribution in [3.63, 3.8) is 0 Å². The van der Waals surface area contributed by atoms with Crippen LogP contribution in [0.2, 0.25) is 0 Å². The third-order valence-electron chi connectivity index (χ3n) is 2.17. The van der Waals surface area contributed by atoms with E-state index in [0.717, 1.165) is 11.0 Å². The van der Waals surface area contributed by atoms with Crippen LogP contribution in [0.15, 0.2) is 22.7 Å². The highest BCUT2D eigenvalue weighted by Gasteiger charge is 2.22. The lowest BCUT2D eigenvalue weighted by molar-refractivity contribution is 0.0505. The number of benzene rings is 1. The van der Waals surface area contributed by atoms with Gasteiger partial charge in [0, 0.05) is 11.0 Å². The largest absolute Gasteiger partial charge is 0.395 e. The van der Waals surface area contributed by atoms with E-state index in [4.69, 9.17) is 5.11 Å². The fraction of sp³-hybridized carbons (Fsp3) is 0.364. The minimum atomic E-state index is -2.74. The van der Waals surface area contributed by atoms with Crippen LogP contribution in [0.25, 0.3) is 0 Å². The first kappa shape index (κ1) is 15.0. The third kappa shape index (κ3) is 3.99. The van der Waals surface area contributed by atoms with Gasteiger partial charge in [0.25, 0.3) is 12.3 Å². The van der Waals surface area contributed by atoms with Crippen molar-refractivity contribution in [1.29, 1.82) is 0 Å². The highest BCUT2D eigenvalue weighted by Crippen LogP contribution is 2.17. The Bertz CT molecular complexity index is 429. The number of rotatable bonds is 5. The molecule has 0 fully saturated rings. The molecule has 0 aromatic heterocycles. The Kier molecular flexibility index (Phi) is 5.61. The molecule has 0 aliphatic rings. The molecule has 0 heterocycles. The second-order valence-electron chi connectivity index (χ2n) is 3.49. The minimum absolute atomic E-state index is 0.269. The van der Waals surface area contributed by atoms with E-state index in [0.29, 0.717) is 4.47 Å². The lowest BCUT2D eigenvalue weighted by Crippen LogP contribution is -2.37. The third-order valence-corrected chi connectivity index (χ3v) is 2.67. The molecule has 0 bridgehead atoms. The Labute approximate surface area is 110 Å². The van der Waals surface area contributed by atoms with E-state index in [1.165, 1.54) is 12.1 Å². The van der Waals surface area contributed by atoms with E-state index < -0.39 is 31.3 Å². The van der Waals surface area contributed by atoms with Gasteiger partial charge in [0.05, 0.1) is 18.7 Å². The molecule has 1 aromatic rings. The number of amides is 1. The van der Waals surface area contributed by atoms with Gasteiger partial charge in [0.15, 0.2) is 0 Å². The lowest BCUT2D eigenvalue weighted by atomic mass is 10.2. The first-order chi connectivity index (χ1) is 8.45. The molecule has 0 radical (unpaired) electrons. The van der Waals surface area contributed by atoms with Crippen molar-refractivity contribution >= 4 is 21.8 Å². The number of halogens is 4. The number of aliphatic hydroxyl groups is 1. The maximum absolute atomic E-state index is 13.4. The smallest absolute Gasteiger partial charge is 0.257 e. The van der Waals surface area contributed by atoms with Crippen LogP contribution in [0.1, 0.15) is 10.4 Å². The van der Waals surface area contributed by atoms with Gasteiger partial charge < -0.3 is 10.0 Å². The van der Waals surface area contributed by atoms with Gasteiger partial charge in [-0.3, -0.25) is 4.79 Å². The highest BCUT2D eigenvalue weighted by atomic mass is 79.9. The number of carbonyl (C=O) groups is 1. The molecule has 0 aliphatic heterocycles. The number of carbonyl (C=O) groups excluding carboxylic acids is 1. The van der Waals surface area contributed by atoms with Crippen LogP contribution in [0.5, 0.6) is 0 Å². The maximum Gasteiger partial charge on any atom is 0.257 e. The summed E-state index contributed by atoms with van der Waals surface area (Å²) < 4.78 is 38.5. The molecule has 1 N–H and O–H groups in total. The van der Waals surface area contributed by atoms with Crippen LogP contribution in [0, 0.1) is 5.82 Å². The maximum atomic E-state index is 13.4. The molecule has 0 saturated carbocycles. The number of aliphatic hydroxyl groups excluding tert-OH is 1. The molecule has 1 rings (SSSR count). The van der Waals surface area contributed by atoms with Gasteiger partial charge in [0.2, 0.25) is 0 Å². The SMILES string of the molecule is O=C(c1cc(Br)ccc1F)N(CCO)CC(F)F. The van der Waals surface area contributed by atoms with Crippen molar-refractivity contribution in [2.45, 2.75) is 6.43 Å². The summed E-state index contributed by atoms with van der Waals surface area (Å²) in [6.45, 7) is -1.57. The van der Waals surface area contributed by atoms with Gasteiger partial charge in [-0.1, -0.05) is 15.9 Å². The van der Waals surface area contributed by atoms with Crippen molar-refractivity contribution < 1.29 is 23.1 Å². The fourth-order valence-electron chi connectivity index (χ4n) is 1.39. The van der Waals surface area contributed by atoms with E-state index in [1.54, 1.807) is 0 Å². The fourth-order valence-corrected chi connectivity index (χ4v) is 1.76. The first-order valence-electron chi connectivity index (χ1n) is 5.09. The predicted octanol–water partition coefficient (Wildman–Crippen LogP) is 2.29. The summed E-state index contributed by atoms with van der Waals surface area (Å²) in [5.41, 5.74) is -0.307. The molecule has 1 amide bonds. The Balaban J connectivity index is 2.97. The van der Waals surface area contributed by atoms with Crippen molar-refractivity contribution in [3.05, 3.63) is 34.1 Å². The molecule has 7 heteroatoms. The molecular weight excluding hydrogens is 315 g/mol. The summed E-state index contributed by atoms with van der Waals surface area (Å²) in [5.74, 6) is -1.66. The average Bonchev–Trinajstić information content (AvgIpc) is 2.30. The average molecular weight is 326 g/mol. The van der Waals surface area contributed by atoms with Gasteiger partial charge in [-0.05, 0) is 18.2 Å². The molecule has 0 aliphatic carbocycles. The minimum Gasteiger partial charge on any atom is -0.395 e. The van der Waals surface area contributed by atoms with Crippen LogP contribution >= 0.6 is 15.9 Å². The molecule has 0 spiro atoms. The summed E-state index contributed by atoms with van der Waals surface area (Å²) in [4.78, 5) is 12.6. The van der Waals surface area contributed by atoms with E-state index in [1.807, 2.05) is 0 Å². The van der Waals surface area contributed by atoms with Crippen LogP contribution in [0.3, 0.4) is 0 Å². The zero-order valence-corrected chi connectivity index (χ0v) is 10.8. The van der Waals surface area contributed by atoms with E-state index in [2.05, 4.69) is 15.9 Å². The Morgan fingerprint density at radius 2 is 2.11 bits per heavy atom. The Morgan fingerprint density at radius 1 is 1.44 bits per heavy atom. The quantitative estimate of drug-likeness (QED) is 0.902. The van der Waals surface area contributed by atoms with Crippen LogP contribution in [-0.4, -0.2) is 42.0 Å². The van der Waals surface area contributed by atoms with Gasteiger partial charge in [0.1, 0.15) is 5.82 Å². The summed E-state index contributed by atoms with van der Waals surface area (Å²) in [6.07, 6.45) is -2.74. The van der Waals surface area contributed by atoms with Crippen LogP contribution < -0.4 is 0 Å². The van der Waals surface area contributed by atoms with Crippen molar-refractivity contribution in [3.8, 4) is 0 Å². The number of alkyl halides is 2. The Hall–Kier alpha value is -1.08. The monoisotopic (exact) mass is 325 g/mol. The lowest BCUT2D eigenvalue weighted by Gasteiger charge is -2.21. The Morgan fingerprint density at radius 3 is 2.67 bits per heavy atom. The van der Waals surface area contributed by atoms with Gasteiger partial charge in [-0.15, -0.1) is 0 Å². The summed E-state index contributed by atoms with van der Waals surface area (Å²) >= 11 is 3.07. The van der Waals surface area contributed by atoms with Crippen molar-refractivity contribution in [1.82, 2.24) is 4.90 Å². The van der Waals surface area contributed by atoms with Crippen molar-refractivity contribution in [2.75, 3.05) is 19.7 Å². The van der Waals surface area contributed by atoms with Crippen LogP contribution in [-0.2, 0) is 0 Å². The van der Waals surface area contributed by atoms with E-state index in [9.17, 15) is 18.0 Å². The second kappa shape index (κ2) is 6.75. The van der Waals surface area contributed by atoms with Gasteiger partial charge in [-0.25, -0.2) is 13.2 Å². The van der Waals surface area contributed by atoms with E-state index >= 15 is 0 Å². The summed E-state index contributed by atoms with van der Waals surface area (Å²) in [5, 5.41) is 8.73. The molecule has 0 atom stereocenters. The number of hydrogen-bond donors (Lipinski definition) is 1. The summed E-state index contributed by atoms with van der Waals surface area (Å²) in [7, 11) is 0. The van der Waals surface area contributed by atoms with Gasteiger partial charge in [-0.2, -0.15) is 0 Å². The second-order valence-corrected chi connectivity index (χ2v) is 4.41.